The molecule has 0 N–H and O–H groups in total. The van der Waals surface area contributed by atoms with Crippen molar-refractivity contribution in [1.82, 2.24) is 0 Å². The monoisotopic (exact) mass is 364 g/mol. The molecular formula is C23H24O4. The molecule has 0 spiro atoms. The Kier molecular flexibility index (Phi) is 5.26. The molecular weight excluding hydrogens is 340 g/mol. The summed E-state index contributed by atoms with van der Waals surface area (Å²) in [5.74, 6) is 0.850. The molecule has 27 heavy (non-hydrogen) atoms. The van der Waals surface area contributed by atoms with E-state index in [9.17, 15) is 4.79 Å². The van der Waals surface area contributed by atoms with Gasteiger partial charge >= 0.3 is 0 Å². The number of rotatable bonds is 5. The van der Waals surface area contributed by atoms with Gasteiger partial charge in [-0.1, -0.05) is 42.5 Å². The molecule has 1 heterocycles. The maximum atomic E-state index is 12.8. The van der Waals surface area contributed by atoms with Gasteiger partial charge in [0.1, 0.15) is 18.1 Å². The number of carbonyl (C=O) groups is 1. The third-order valence-electron chi connectivity index (χ3n) is 5.22. The van der Waals surface area contributed by atoms with Gasteiger partial charge in [-0.3, -0.25) is 4.79 Å². The molecule has 3 atom stereocenters. The van der Waals surface area contributed by atoms with E-state index in [1.165, 1.54) is 6.26 Å². The fraction of sp³-hybridized carbons (Fsp3) is 0.348. The van der Waals surface area contributed by atoms with Gasteiger partial charge in [-0.2, -0.15) is 0 Å². The summed E-state index contributed by atoms with van der Waals surface area (Å²) in [6.45, 7) is 2.58. The van der Waals surface area contributed by atoms with Gasteiger partial charge in [0, 0.05) is 6.42 Å². The van der Waals surface area contributed by atoms with Crippen LogP contribution in [-0.4, -0.2) is 18.0 Å². The van der Waals surface area contributed by atoms with Gasteiger partial charge < -0.3 is 14.2 Å². The summed E-state index contributed by atoms with van der Waals surface area (Å²) in [4.78, 5) is 12.8. The number of fused-ring (bicyclic) bond motifs is 1. The Morgan fingerprint density at radius 2 is 1.93 bits per heavy atom. The van der Waals surface area contributed by atoms with Crippen LogP contribution in [0.5, 0.6) is 5.75 Å². The molecule has 2 aromatic carbocycles. The predicted octanol–water partition coefficient (Wildman–Crippen LogP) is 4.57. The average molecular weight is 364 g/mol. The van der Waals surface area contributed by atoms with Crippen molar-refractivity contribution in [2.45, 2.75) is 45.0 Å². The predicted molar refractivity (Wildman–Crippen MR) is 102 cm³/mol. The van der Waals surface area contributed by atoms with Crippen LogP contribution in [-0.2, 0) is 20.9 Å². The lowest BCUT2D eigenvalue weighted by molar-refractivity contribution is -0.134. The van der Waals surface area contributed by atoms with Gasteiger partial charge in [-0.25, -0.2) is 0 Å². The zero-order valence-corrected chi connectivity index (χ0v) is 15.5. The van der Waals surface area contributed by atoms with Gasteiger partial charge in [0.2, 0.25) is 11.5 Å². The Labute approximate surface area is 159 Å². The number of allylic oxidation sites excluding steroid dienone is 1. The largest absolute Gasteiger partial charge is 0.493 e. The number of hydrogen-bond acceptors (Lipinski definition) is 4. The smallest absolute Gasteiger partial charge is 0.207 e. The van der Waals surface area contributed by atoms with Crippen LogP contribution in [0.1, 0.15) is 30.4 Å². The van der Waals surface area contributed by atoms with E-state index in [4.69, 9.17) is 14.2 Å². The van der Waals surface area contributed by atoms with Crippen LogP contribution in [0, 0.1) is 12.8 Å². The first-order chi connectivity index (χ1) is 13.2. The van der Waals surface area contributed by atoms with Crippen LogP contribution < -0.4 is 4.74 Å². The summed E-state index contributed by atoms with van der Waals surface area (Å²) >= 11 is 0. The standard InChI is InChI=1S/C23H24O4/c1-16-6-5-9-19(12-16)27-22-15-26-21-13-18(10-11-20(21)23(22)24)25-14-17-7-3-2-4-8-17/h2-9,12,15,18,20-21H,10-11,13-14H2,1H3. The van der Waals surface area contributed by atoms with Crippen molar-refractivity contribution in [2.75, 3.05) is 0 Å². The number of carbonyl (C=O) groups excluding carboxylic acids is 1. The second-order valence-corrected chi connectivity index (χ2v) is 7.28. The quantitative estimate of drug-likeness (QED) is 0.780. The van der Waals surface area contributed by atoms with E-state index in [0.717, 1.165) is 30.4 Å². The van der Waals surface area contributed by atoms with E-state index in [1.807, 2.05) is 49.4 Å². The molecule has 3 unspecified atom stereocenters. The summed E-state index contributed by atoms with van der Waals surface area (Å²) in [6, 6.07) is 17.8. The number of ether oxygens (including phenoxy) is 3. The van der Waals surface area contributed by atoms with E-state index in [0.29, 0.717) is 18.1 Å². The number of hydrogen-bond donors (Lipinski definition) is 0. The maximum Gasteiger partial charge on any atom is 0.207 e. The first-order valence-corrected chi connectivity index (χ1v) is 9.49. The van der Waals surface area contributed by atoms with E-state index in [1.54, 1.807) is 0 Å². The van der Waals surface area contributed by atoms with Crippen LogP contribution in [0.2, 0.25) is 0 Å². The molecule has 1 aliphatic carbocycles. The molecule has 1 saturated carbocycles. The normalized spacial score (nSPS) is 24.6. The molecule has 0 aromatic heterocycles. The summed E-state index contributed by atoms with van der Waals surface area (Å²) in [7, 11) is 0. The Balaban J connectivity index is 1.36. The van der Waals surface area contributed by atoms with Gasteiger partial charge in [-0.15, -0.1) is 0 Å². The minimum absolute atomic E-state index is 0.0364. The van der Waals surface area contributed by atoms with E-state index < -0.39 is 0 Å². The maximum absolute atomic E-state index is 12.8. The van der Waals surface area contributed by atoms with Crippen LogP contribution in [0.4, 0.5) is 0 Å². The topological polar surface area (TPSA) is 44.8 Å². The minimum Gasteiger partial charge on any atom is -0.493 e. The van der Waals surface area contributed by atoms with Crippen LogP contribution >= 0.6 is 0 Å². The second kappa shape index (κ2) is 7.97. The Morgan fingerprint density at radius 1 is 1.07 bits per heavy atom. The van der Waals surface area contributed by atoms with E-state index >= 15 is 0 Å². The zero-order chi connectivity index (χ0) is 18.6. The summed E-state index contributed by atoms with van der Waals surface area (Å²) < 4.78 is 17.7. The van der Waals surface area contributed by atoms with Crippen molar-refractivity contribution in [3.8, 4) is 5.75 Å². The molecule has 0 bridgehead atoms. The SMILES string of the molecule is Cc1cccc(OC2=COC3CC(OCc4ccccc4)CCC3C2=O)c1. The third-order valence-corrected chi connectivity index (χ3v) is 5.22. The van der Waals surface area contributed by atoms with Crippen molar-refractivity contribution in [3.63, 3.8) is 0 Å². The van der Waals surface area contributed by atoms with Crippen LogP contribution in [0.15, 0.2) is 66.6 Å². The highest BCUT2D eigenvalue weighted by atomic mass is 16.5. The minimum atomic E-state index is -0.147. The lowest BCUT2D eigenvalue weighted by atomic mass is 9.80. The fourth-order valence-corrected chi connectivity index (χ4v) is 3.75. The Morgan fingerprint density at radius 3 is 2.74 bits per heavy atom. The molecule has 0 saturated heterocycles. The first-order valence-electron chi connectivity index (χ1n) is 9.49. The number of benzene rings is 2. The van der Waals surface area contributed by atoms with Crippen molar-refractivity contribution < 1.29 is 19.0 Å². The van der Waals surface area contributed by atoms with Gasteiger partial charge in [0.25, 0.3) is 0 Å². The molecule has 0 amide bonds. The Bertz CT molecular complexity index is 827. The number of ketones is 1. The van der Waals surface area contributed by atoms with Gasteiger partial charge in [0.15, 0.2) is 0 Å². The van der Waals surface area contributed by atoms with Crippen molar-refractivity contribution in [2.24, 2.45) is 5.92 Å². The highest BCUT2D eigenvalue weighted by Crippen LogP contribution is 2.35. The van der Waals surface area contributed by atoms with Crippen LogP contribution in [0.3, 0.4) is 0 Å². The first kappa shape index (κ1) is 17.8. The van der Waals surface area contributed by atoms with Gasteiger partial charge in [0.05, 0.1) is 18.6 Å². The molecule has 1 aliphatic heterocycles. The highest BCUT2D eigenvalue weighted by molar-refractivity contribution is 5.96. The lowest BCUT2D eigenvalue weighted by Gasteiger charge is -2.37. The zero-order valence-electron chi connectivity index (χ0n) is 15.5. The highest BCUT2D eigenvalue weighted by Gasteiger charge is 2.41. The van der Waals surface area contributed by atoms with E-state index in [-0.39, 0.29) is 23.9 Å². The van der Waals surface area contributed by atoms with Crippen molar-refractivity contribution in [3.05, 3.63) is 77.7 Å². The summed E-state index contributed by atoms with van der Waals surface area (Å²) in [5.41, 5.74) is 2.25. The molecule has 2 aliphatic rings. The molecule has 4 heteroatoms. The molecule has 2 aromatic rings. The molecule has 140 valence electrons. The van der Waals surface area contributed by atoms with Crippen LogP contribution in [0.25, 0.3) is 0 Å². The number of Topliss-reactive ketones (excluding diaryl/α,β-unsaturated/α-hetero) is 1. The van der Waals surface area contributed by atoms with Crippen molar-refractivity contribution >= 4 is 5.78 Å². The fourth-order valence-electron chi connectivity index (χ4n) is 3.75. The van der Waals surface area contributed by atoms with Crippen molar-refractivity contribution in [1.29, 1.82) is 0 Å². The summed E-state index contributed by atoms with van der Waals surface area (Å²) in [6.07, 6.45) is 3.82. The Hall–Kier alpha value is -2.59. The molecule has 0 radical (unpaired) electrons. The number of aryl methyl sites for hydroxylation is 1. The lowest BCUT2D eigenvalue weighted by Crippen LogP contribution is -2.42. The molecule has 4 nitrogen and oxygen atoms in total. The van der Waals surface area contributed by atoms with E-state index in [2.05, 4.69) is 12.1 Å². The average Bonchev–Trinajstić information content (AvgIpc) is 2.69. The third kappa shape index (κ3) is 4.22. The molecule has 4 rings (SSSR count). The summed E-state index contributed by atoms with van der Waals surface area (Å²) in [5, 5.41) is 0. The molecule has 1 fully saturated rings. The second-order valence-electron chi connectivity index (χ2n) is 7.28. The van der Waals surface area contributed by atoms with Gasteiger partial charge in [-0.05, 0) is 43.0 Å².